The van der Waals surface area contributed by atoms with Crippen LogP contribution in [0.2, 0.25) is 0 Å². The Kier molecular flexibility index (Phi) is 5.52. The number of furan rings is 1. The number of rotatable bonds is 6. The number of nitrogens with one attached hydrogen (secondary N) is 1. The minimum atomic E-state index is -0.565. The van der Waals surface area contributed by atoms with Crippen LogP contribution in [-0.4, -0.2) is 33.0 Å². The number of nitrogens with zero attached hydrogens (tertiary/aromatic N) is 1. The van der Waals surface area contributed by atoms with Crippen molar-refractivity contribution < 1.29 is 28.2 Å². The average molecular weight is 358 g/mol. The van der Waals surface area contributed by atoms with Crippen molar-refractivity contribution in [1.29, 1.82) is 5.26 Å². The summed E-state index contributed by atoms with van der Waals surface area (Å²) in [5.41, 5.74) is 0.324. The van der Waals surface area contributed by atoms with Gasteiger partial charge in [-0.25, -0.2) is 0 Å². The highest BCUT2D eigenvalue weighted by Crippen LogP contribution is 2.38. The first-order valence-corrected chi connectivity index (χ1v) is 7.53. The molecule has 1 heterocycles. The van der Waals surface area contributed by atoms with Gasteiger partial charge in [-0.05, 0) is 26.0 Å². The van der Waals surface area contributed by atoms with E-state index in [0.29, 0.717) is 17.2 Å². The van der Waals surface area contributed by atoms with Gasteiger partial charge in [0.2, 0.25) is 11.6 Å². The van der Waals surface area contributed by atoms with Crippen LogP contribution >= 0.6 is 0 Å². The van der Waals surface area contributed by atoms with E-state index in [1.165, 1.54) is 40.4 Å². The number of Topliss-reactive ketones (excluding diaryl/α,β-unsaturated/α-hetero) is 1. The minimum Gasteiger partial charge on any atom is -0.493 e. The number of hydrogen-bond acceptors (Lipinski definition) is 7. The van der Waals surface area contributed by atoms with Crippen LogP contribution in [-0.2, 0) is 0 Å². The van der Waals surface area contributed by atoms with Crippen LogP contribution in [0, 0.1) is 18.3 Å². The van der Waals surface area contributed by atoms with Gasteiger partial charge in [0, 0.05) is 5.56 Å². The van der Waals surface area contributed by atoms with E-state index < -0.39 is 5.91 Å². The molecule has 1 N–H and O–H groups in total. The Bertz CT molecular complexity index is 882. The van der Waals surface area contributed by atoms with Crippen LogP contribution in [0.5, 0.6) is 17.2 Å². The van der Waals surface area contributed by atoms with Gasteiger partial charge in [0.15, 0.2) is 17.3 Å². The van der Waals surface area contributed by atoms with Crippen molar-refractivity contribution in [2.24, 2.45) is 0 Å². The lowest BCUT2D eigenvalue weighted by atomic mass is 10.1. The lowest BCUT2D eigenvalue weighted by molar-refractivity contribution is 0.101. The van der Waals surface area contributed by atoms with Crippen molar-refractivity contribution in [3.8, 4) is 23.3 Å². The van der Waals surface area contributed by atoms with Gasteiger partial charge in [0.25, 0.3) is 5.91 Å². The first kappa shape index (κ1) is 18.9. The molecule has 0 atom stereocenters. The van der Waals surface area contributed by atoms with Crippen molar-refractivity contribution in [3.63, 3.8) is 0 Å². The molecule has 0 aliphatic heterocycles. The van der Waals surface area contributed by atoms with Crippen molar-refractivity contribution in [3.05, 3.63) is 34.6 Å². The molecule has 0 saturated carbocycles. The molecule has 0 fully saturated rings. The summed E-state index contributed by atoms with van der Waals surface area (Å²) in [6.07, 6.45) is 0. The van der Waals surface area contributed by atoms with Crippen molar-refractivity contribution >= 4 is 17.6 Å². The molecule has 0 aliphatic carbocycles. The van der Waals surface area contributed by atoms with Crippen LogP contribution in [0.4, 0.5) is 5.88 Å². The quantitative estimate of drug-likeness (QED) is 0.790. The number of hydrogen-bond donors (Lipinski definition) is 1. The van der Waals surface area contributed by atoms with Gasteiger partial charge in [0.1, 0.15) is 17.4 Å². The maximum absolute atomic E-state index is 12.6. The number of carbonyl (C=O) groups is 2. The number of anilines is 1. The molecular formula is C18H18N2O6. The van der Waals surface area contributed by atoms with E-state index in [-0.39, 0.29) is 34.1 Å². The molecule has 0 radical (unpaired) electrons. The van der Waals surface area contributed by atoms with Gasteiger partial charge in [-0.1, -0.05) is 0 Å². The lowest BCUT2D eigenvalue weighted by Gasteiger charge is -2.13. The second-order valence-electron chi connectivity index (χ2n) is 5.27. The maximum atomic E-state index is 12.6. The number of ether oxygens (including phenoxy) is 3. The Labute approximate surface area is 150 Å². The van der Waals surface area contributed by atoms with E-state index in [4.69, 9.17) is 18.6 Å². The second kappa shape index (κ2) is 7.61. The maximum Gasteiger partial charge on any atom is 0.258 e. The second-order valence-corrected chi connectivity index (χ2v) is 5.27. The summed E-state index contributed by atoms with van der Waals surface area (Å²) in [5, 5.41) is 11.8. The Morgan fingerprint density at radius 2 is 1.69 bits per heavy atom. The Balaban J connectivity index is 2.45. The van der Waals surface area contributed by atoms with Gasteiger partial charge in [-0.15, -0.1) is 0 Å². The summed E-state index contributed by atoms with van der Waals surface area (Å²) < 4.78 is 21.0. The van der Waals surface area contributed by atoms with Gasteiger partial charge in [-0.2, -0.15) is 5.26 Å². The van der Waals surface area contributed by atoms with E-state index in [1.54, 1.807) is 6.92 Å². The van der Waals surface area contributed by atoms with Gasteiger partial charge in [-0.3, -0.25) is 14.9 Å². The lowest BCUT2D eigenvalue weighted by Crippen LogP contribution is -2.13. The molecule has 26 heavy (non-hydrogen) atoms. The molecule has 2 rings (SSSR count). The highest BCUT2D eigenvalue weighted by atomic mass is 16.5. The molecule has 0 unspecified atom stereocenters. The fourth-order valence-corrected chi connectivity index (χ4v) is 2.55. The fourth-order valence-electron chi connectivity index (χ4n) is 2.55. The molecule has 8 heteroatoms. The largest absolute Gasteiger partial charge is 0.493 e. The molecule has 2 aromatic rings. The molecule has 1 aromatic carbocycles. The van der Waals surface area contributed by atoms with Crippen molar-refractivity contribution in [2.75, 3.05) is 26.6 Å². The van der Waals surface area contributed by atoms with Crippen LogP contribution in [0.15, 0.2) is 16.5 Å². The van der Waals surface area contributed by atoms with E-state index in [9.17, 15) is 14.9 Å². The van der Waals surface area contributed by atoms with Gasteiger partial charge < -0.3 is 18.6 Å². The molecule has 8 nitrogen and oxygen atoms in total. The number of aryl methyl sites for hydroxylation is 1. The smallest absolute Gasteiger partial charge is 0.258 e. The Morgan fingerprint density at radius 1 is 1.12 bits per heavy atom. The third-order valence-electron chi connectivity index (χ3n) is 3.70. The Morgan fingerprint density at radius 3 is 2.12 bits per heavy atom. The highest BCUT2D eigenvalue weighted by molar-refractivity contribution is 6.06. The van der Waals surface area contributed by atoms with E-state index >= 15 is 0 Å². The zero-order valence-corrected chi connectivity index (χ0v) is 15.1. The van der Waals surface area contributed by atoms with Crippen LogP contribution < -0.4 is 19.5 Å². The summed E-state index contributed by atoms with van der Waals surface area (Å²) in [7, 11) is 4.32. The van der Waals surface area contributed by atoms with Crippen LogP contribution in [0.25, 0.3) is 0 Å². The molecule has 0 saturated heterocycles. The van der Waals surface area contributed by atoms with Crippen molar-refractivity contribution in [1.82, 2.24) is 0 Å². The number of nitriles is 1. The minimum absolute atomic E-state index is 0.0178. The number of ketones is 1. The summed E-state index contributed by atoms with van der Waals surface area (Å²) in [4.78, 5) is 24.3. The SMILES string of the molecule is COc1cc(C(=O)Nc2oc(C)c(C(C)=O)c2C#N)cc(OC)c1OC. The molecule has 0 aliphatic rings. The molecule has 1 aromatic heterocycles. The fraction of sp³-hybridized carbons (Fsp3) is 0.278. The monoisotopic (exact) mass is 358 g/mol. The number of benzene rings is 1. The molecule has 0 spiro atoms. The zero-order chi connectivity index (χ0) is 19.4. The van der Waals surface area contributed by atoms with Crippen LogP contribution in [0.1, 0.15) is 39.0 Å². The van der Waals surface area contributed by atoms with E-state index in [1.807, 2.05) is 6.07 Å². The standard InChI is InChI=1S/C18H18N2O6/c1-9(21)15-10(2)26-18(12(15)8-19)20-17(22)11-6-13(23-3)16(25-5)14(7-11)24-4/h6-7H,1-5H3,(H,20,22). The average Bonchev–Trinajstić information content (AvgIpc) is 2.95. The third-order valence-corrected chi connectivity index (χ3v) is 3.70. The topological polar surface area (TPSA) is 111 Å². The highest BCUT2D eigenvalue weighted by Gasteiger charge is 2.24. The van der Waals surface area contributed by atoms with Gasteiger partial charge >= 0.3 is 0 Å². The predicted molar refractivity (Wildman–Crippen MR) is 92.2 cm³/mol. The number of amides is 1. The summed E-state index contributed by atoms with van der Waals surface area (Å²) in [6.45, 7) is 2.87. The zero-order valence-electron chi connectivity index (χ0n) is 15.1. The first-order valence-electron chi connectivity index (χ1n) is 7.53. The van der Waals surface area contributed by atoms with Crippen LogP contribution in [0.3, 0.4) is 0 Å². The van der Waals surface area contributed by atoms with Gasteiger partial charge in [0.05, 0.1) is 26.9 Å². The normalized spacial score (nSPS) is 10.0. The first-order chi connectivity index (χ1) is 12.4. The summed E-state index contributed by atoms with van der Waals surface area (Å²) in [5.74, 6) is 0.232. The molecule has 136 valence electrons. The summed E-state index contributed by atoms with van der Waals surface area (Å²) >= 11 is 0. The molecule has 0 bridgehead atoms. The number of carbonyl (C=O) groups excluding carboxylic acids is 2. The third kappa shape index (κ3) is 3.32. The molecular weight excluding hydrogens is 340 g/mol. The number of methoxy groups -OCH3 is 3. The molecule has 1 amide bonds. The predicted octanol–water partition coefficient (Wildman–Crippen LogP) is 2.94. The van der Waals surface area contributed by atoms with Crippen molar-refractivity contribution in [2.45, 2.75) is 13.8 Å². The van der Waals surface area contributed by atoms with E-state index in [0.717, 1.165) is 0 Å². The Hall–Kier alpha value is -3.47. The summed E-state index contributed by atoms with van der Waals surface area (Å²) in [6, 6.07) is 4.81. The van der Waals surface area contributed by atoms with E-state index in [2.05, 4.69) is 5.32 Å².